The Morgan fingerprint density at radius 3 is 3.23 bits per heavy atom. The van der Waals surface area contributed by atoms with Gasteiger partial charge < -0.3 is 16.2 Å². The second-order valence-corrected chi connectivity index (χ2v) is 2.74. The zero-order valence-electron chi connectivity index (χ0n) is 9.49. The van der Waals surface area contributed by atoms with Gasteiger partial charge in [-0.2, -0.15) is 0 Å². The van der Waals surface area contributed by atoms with Crippen LogP contribution < -0.4 is 11.1 Å². The number of nitrogen functional groups attached to an aromatic ring is 1. The third-order valence-electron chi connectivity index (χ3n) is 1.83. The maximum absolute atomic E-state index is 8.91. The van der Waals surface area contributed by atoms with E-state index in [2.05, 4.69) is 10.3 Å². The van der Waals surface area contributed by atoms with Crippen LogP contribution in [0.15, 0.2) is 18.3 Å². The molecule has 4 heteroatoms. The zero-order chi connectivity index (χ0) is 11.5. The van der Waals surface area contributed by atoms with Crippen molar-refractivity contribution >= 4 is 5.82 Å². The molecule has 1 unspecified atom stereocenters. The number of nitrogens with two attached hydrogens (primary N) is 1. The number of hydrogen-bond acceptors (Lipinski definition) is 4. The fourth-order valence-electron chi connectivity index (χ4n) is 1.10. The molecule has 0 fully saturated rings. The molecule has 0 saturated carbocycles. The van der Waals surface area contributed by atoms with Crippen LogP contribution in [0.3, 0.4) is 0 Å². The molecule has 0 aromatic carbocycles. The molecule has 0 spiro atoms. The van der Waals surface area contributed by atoms with Crippen molar-refractivity contribution in [2.75, 3.05) is 18.8 Å². The highest BCUT2D eigenvalue weighted by atomic mass is 16.3. The van der Waals surface area contributed by atoms with Gasteiger partial charge in [0, 0.05) is 24.3 Å². The average Bonchev–Trinajstić information content (AvgIpc) is 2.14. The topological polar surface area (TPSA) is 71.2 Å². The smallest absolute Gasteiger partial charge is 0.128 e. The van der Waals surface area contributed by atoms with Gasteiger partial charge in [-0.1, -0.05) is 6.07 Å². The van der Waals surface area contributed by atoms with Crippen molar-refractivity contribution < 1.29 is 7.85 Å². The summed E-state index contributed by atoms with van der Waals surface area (Å²) in [4.78, 5) is 3.93. The molecule has 1 heterocycles. The predicted molar refractivity (Wildman–Crippen MR) is 52.2 cm³/mol. The summed E-state index contributed by atoms with van der Waals surface area (Å²) < 4.78 is 13.9. The van der Waals surface area contributed by atoms with E-state index < -0.39 is 6.56 Å². The van der Waals surface area contributed by atoms with Crippen molar-refractivity contribution in [2.24, 2.45) is 0 Å². The highest BCUT2D eigenvalue weighted by Gasteiger charge is 2.07. The van der Waals surface area contributed by atoms with E-state index in [1.807, 2.05) is 13.0 Å². The Kier molecular flexibility index (Phi) is 2.69. The maximum Gasteiger partial charge on any atom is 0.128 e. The fourth-order valence-corrected chi connectivity index (χ4v) is 1.10. The normalized spacial score (nSPS) is 16.2. The number of nitrogens with zero attached hydrogens (tertiary/aromatic N) is 1. The standard InChI is InChI=1S/C9H15N3O/c1-7(11-5-6-13)8-3-2-4-12-9(8)10/h2-4,7,11,13H,5-6H2,1H3,(H2,10,12)/i6D2. The highest BCUT2D eigenvalue weighted by molar-refractivity contribution is 5.40. The zero-order valence-corrected chi connectivity index (χ0v) is 7.49. The lowest BCUT2D eigenvalue weighted by Crippen LogP contribution is -2.23. The number of aromatic nitrogens is 1. The highest BCUT2D eigenvalue weighted by Crippen LogP contribution is 2.16. The monoisotopic (exact) mass is 183 g/mol. The summed E-state index contributed by atoms with van der Waals surface area (Å²) in [5, 5.41) is 11.7. The predicted octanol–water partition coefficient (Wildman–Crippen LogP) is 0.307. The van der Waals surface area contributed by atoms with Gasteiger partial charge in [-0.15, -0.1) is 0 Å². The first-order valence-electron chi connectivity index (χ1n) is 5.06. The van der Waals surface area contributed by atoms with E-state index in [4.69, 9.17) is 13.6 Å². The Morgan fingerprint density at radius 1 is 1.85 bits per heavy atom. The first-order chi connectivity index (χ1) is 6.90. The number of anilines is 1. The van der Waals surface area contributed by atoms with Crippen molar-refractivity contribution in [1.82, 2.24) is 10.3 Å². The second-order valence-electron chi connectivity index (χ2n) is 2.74. The van der Waals surface area contributed by atoms with E-state index in [0.29, 0.717) is 5.82 Å². The minimum Gasteiger partial charge on any atom is -0.395 e. The van der Waals surface area contributed by atoms with Crippen LogP contribution in [-0.2, 0) is 0 Å². The number of aliphatic hydroxyl groups is 1. The molecule has 0 aliphatic rings. The molecule has 1 aromatic heterocycles. The molecule has 1 aromatic rings. The molecule has 0 saturated heterocycles. The third kappa shape index (κ3) is 2.68. The lowest BCUT2D eigenvalue weighted by Gasteiger charge is -2.14. The van der Waals surface area contributed by atoms with E-state index in [1.165, 1.54) is 0 Å². The van der Waals surface area contributed by atoms with Gasteiger partial charge in [0.1, 0.15) is 5.82 Å². The summed E-state index contributed by atoms with van der Waals surface area (Å²) in [6.07, 6.45) is 1.59. The number of hydrogen-bond donors (Lipinski definition) is 3. The van der Waals surface area contributed by atoms with E-state index in [0.717, 1.165) is 5.56 Å². The Balaban J connectivity index is 2.62. The van der Waals surface area contributed by atoms with Gasteiger partial charge in [-0.3, -0.25) is 0 Å². The van der Waals surface area contributed by atoms with Crippen LogP contribution in [-0.4, -0.2) is 23.2 Å². The van der Waals surface area contributed by atoms with Crippen LogP contribution in [0.4, 0.5) is 5.82 Å². The van der Waals surface area contributed by atoms with Crippen LogP contribution in [0.2, 0.25) is 0 Å². The summed E-state index contributed by atoms with van der Waals surface area (Å²) in [5.74, 6) is 0.413. The van der Waals surface area contributed by atoms with Crippen molar-refractivity contribution in [3.63, 3.8) is 0 Å². The Hall–Kier alpha value is -1.13. The third-order valence-corrected chi connectivity index (χ3v) is 1.83. The van der Waals surface area contributed by atoms with E-state index >= 15 is 0 Å². The van der Waals surface area contributed by atoms with Crippen molar-refractivity contribution in [3.8, 4) is 0 Å². The van der Waals surface area contributed by atoms with E-state index in [1.54, 1.807) is 12.3 Å². The molecule has 0 radical (unpaired) electrons. The lowest BCUT2D eigenvalue weighted by atomic mass is 10.1. The van der Waals surface area contributed by atoms with Gasteiger partial charge in [0.05, 0.1) is 9.30 Å². The average molecular weight is 183 g/mol. The molecule has 0 aliphatic carbocycles. The first kappa shape index (κ1) is 7.29. The molecule has 1 atom stereocenters. The van der Waals surface area contributed by atoms with Crippen LogP contribution >= 0.6 is 0 Å². The quantitative estimate of drug-likeness (QED) is 0.628. The number of pyridine rings is 1. The molecule has 0 bridgehead atoms. The number of rotatable bonds is 4. The van der Waals surface area contributed by atoms with Crippen molar-refractivity contribution in [3.05, 3.63) is 23.9 Å². The molecule has 13 heavy (non-hydrogen) atoms. The lowest BCUT2D eigenvalue weighted by molar-refractivity contribution is 0.286. The summed E-state index contributed by atoms with van der Waals surface area (Å²) in [5.41, 5.74) is 6.45. The second kappa shape index (κ2) is 4.79. The molecule has 72 valence electrons. The molecular weight excluding hydrogens is 166 g/mol. The van der Waals surface area contributed by atoms with Gasteiger partial charge in [0.25, 0.3) is 0 Å². The molecule has 1 rings (SSSR count). The minimum absolute atomic E-state index is 0.150. The molecule has 0 aliphatic heterocycles. The minimum atomic E-state index is -2.22. The summed E-state index contributed by atoms with van der Waals surface area (Å²) in [6.45, 7) is -0.535. The molecule has 4 N–H and O–H groups in total. The van der Waals surface area contributed by atoms with Gasteiger partial charge in [0.2, 0.25) is 0 Å². The van der Waals surface area contributed by atoms with Crippen LogP contribution in [0.25, 0.3) is 0 Å². The molecule has 0 amide bonds. The molecule has 4 nitrogen and oxygen atoms in total. The van der Waals surface area contributed by atoms with Crippen LogP contribution in [0.5, 0.6) is 0 Å². The Morgan fingerprint density at radius 2 is 2.62 bits per heavy atom. The van der Waals surface area contributed by atoms with Crippen LogP contribution in [0.1, 0.15) is 21.3 Å². The van der Waals surface area contributed by atoms with Gasteiger partial charge in [-0.05, 0) is 13.0 Å². The summed E-state index contributed by atoms with van der Waals surface area (Å²) in [7, 11) is 0. The summed E-state index contributed by atoms with van der Waals surface area (Å²) in [6, 6.07) is 3.42. The maximum atomic E-state index is 8.91. The van der Waals surface area contributed by atoms with Crippen molar-refractivity contribution in [1.29, 1.82) is 0 Å². The van der Waals surface area contributed by atoms with E-state index in [9.17, 15) is 0 Å². The van der Waals surface area contributed by atoms with Gasteiger partial charge in [-0.25, -0.2) is 4.98 Å². The van der Waals surface area contributed by atoms with Crippen molar-refractivity contribution in [2.45, 2.75) is 13.0 Å². The summed E-state index contributed by atoms with van der Waals surface area (Å²) >= 11 is 0. The molecular formula is C9H15N3O. The van der Waals surface area contributed by atoms with Gasteiger partial charge in [0.15, 0.2) is 0 Å². The Labute approximate surface area is 80.6 Å². The SMILES string of the molecule is [2H]C([2H])(O)CNC(C)c1cccnc1N. The first-order valence-corrected chi connectivity index (χ1v) is 4.06. The largest absolute Gasteiger partial charge is 0.395 e. The van der Waals surface area contributed by atoms with E-state index in [-0.39, 0.29) is 12.6 Å². The Bertz CT molecular complexity index is 327. The fraction of sp³-hybridized carbons (Fsp3) is 0.444. The van der Waals surface area contributed by atoms with Crippen LogP contribution in [0, 0.1) is 0 Å². The van der Waals surface area contributed by atoms with Gasteiger partial charge >= 0.3 is 0 Å². The number of nitrogens with one attached hydrogen (secondary N) is 1.